The molecule has 0 radical (unpaired) electrons. The number of hydrogen-bond acceptors (Lipinski definition) is 3. The molecule has 5 heteroatoms. The third-order valence-electron chi connectivity index (χ3n) is 3.22. The molecule has 2 aromatic rings. The zero-order valence-electron chi connectivity index (χ0n) is 13.0. The minimum Gasteiger partial charge on any atom is -0.452 e. The summed E-state index contributed by atoms with van der Waals surface area (Å²) in [6, 6.07) is 14.8. The van der Waals surface area contributed by atoms with E-state index >= 15 is 0 Å². The summed E-state index contributed by atoms with van der Waals surface area (Å²) in [5.74, 6) is -0.779. The van der Waals surface area contributed by atoms with Gasteiger partial charge in [0.05, 0.1) is 6.42 Å². The molecule has 0 saturated carbocycles. The number of carbonyl (C=O) groups excluding carboxylic acids is 2. The smallest absolute Gasteiger partial charge is 0.311 e. The Labute approximate surface area is 144 Å². The van der Waals surface area contributed by atoms with Gasteiger partial charge in [-0.1, -0.05) is 40.2 Å². The standard InChI is InChI=1S/C18H18BrNO3/c1-12-4-3-5-16(10-12)20-18(22)13(2)23-17(21)11-14-6-8-15(19)9-7-14/h3-10,13H,11H2,1-2H3,(H,20,22)/t13-/m0/s1. The topological polar surface area (TPSA) is 55.4 Å². The molecular formula is C18H18BrNO3. The van der Waals surface area contributed by atoms with Gasteiger partial charge < -0.3 is 10.1 Å². The maximum atomic E-state index is 12.1. The second-order valence-electron chi connectivity index (χ2n) is 5.29. The molecule has 0 aromatic heterocycles. The number of rotatable bonds is 5. The fourth-order valence-corrected chi connectivity index (χ4v) is 2.29. The van der Waals surface area contributed by atoms with Crippen LogP contribution in [0, 0.1) is 6.92 Å². The van der Waals surface area contributed by atoms with Crippen molar-refractivity contribution in [1.82, 2.24) is 0 Å². The molecule has 2 aromatic carbocycles. The van der Waals surface area contributed by atoms with Gasteiger partial charge in [-0.3, -0.25) is 9.59 Å². The highest BCUT2D eigenvalue weighted by Crippen LogP contribution is 2.13. The summed E-state index contributed by atoms with van der Waals surface area (Å²) in [5.41, 5.74) is 2.57. The molecule has 1 N–H and O–H groups in total. The van der Waals surface area contributed by atoms with Gasteiger partial charge in [-0.15, -0.1) is 0 Å². The maximum absolute atomic E-state index is 12.1. The van der Waals surface area contributed by atoms with Crippen molar-refractivity contribution < 1.29 is 14.3 Å². The van der Waals surface area contributed by atoms with E-state index in [0.29, 0.717) is 5.69 Å². The van der Waals surface area contributed by atoms with Crippen molar-refractivity contribution in [2.75, 3.05) is 5.32 Å². The number of hydrogen-bond donors (Lipinski definition) is 1. The van der Waals surface area contributed by atoms with Crippen LogP contribution in [0.25, 0.3) is 0 Å². The second-order valence-corrected chi connectivity index (χ2v) is 6.21. The number of anilines is 1. The summed E-state index contributed by atoms with van der Waals surface area (Å²) < 4.78 is 6.13. The van der Waals surface area contributed by atoms with Crippen LogP contribution in [-0.2, 0) is 20.7 Å². The van der Waals surface area contributed by atoms with Crippen molar-refractivity contribution in [2.45, 2.75) is 26.4 Å². The summed E-state index contributed by atoms with van der Waals surface area (Å²) in [6.07, 6.45) is -0.714. The third-order valence-corrected chi connectivity index (χ3v) is 3.75. The minimum atomic E-state index is -0.849. The molecule has 2 rings (SSSR count). The molecule has 0 aliphatic carbocycles. The lowest BCUT2D eigenvalue weighted by atomic mass is 10.1. The number of nitrogens with one attached hydrogen (secondary N) is 1. The Morgan fingerprint density at radius 1 is 1.17 bits per heavy atom. The van der Waals surface area contributed by atoms with Gasteiger partial charge in [0, 0.05) is 10.2 Å². The highest BCUT2D eigenvalue weighted by atomic mass is 79.9. The highest BCUT2D eigenvalue weighted by molar-refractivity contribution is 9.10. The van der Waals surface area contributed by atoms with Crippen molar-refractivity contribution in [3.63, 3.8) is 0 Å². The molecular weight excluding hydrogens is 358 g/mol. The molecule has 120 valence electrons. The van der Waals surface area contributed by atoms with Crippen LogP contribution in [0.4, 0.5) is 5.69 Å². The summed E-state index contributed by atoms with van der Waals surface area (Å²) in [4.78, 5) is 24.0. The number of carbonyl (C=O) groups is 2. The Morgan fingerprint density at radius 3 is 2.52 bits per heavy atom. The van der Waals surface area contributed by atoms with Crippen LogP contribution in [0.5, 0.6) is 0 Å². The zero-order chi connectivity index (χ0) is 16.8. The van der Waals surface area contributed by atoms with E-state index in [1.54, 1.807) is 13.0 Å². The molecule has 0 aliphatic heterocycles. The van der Waals surface area contributed by atoms with E-state index in [1.807, 2.05) is 49.4 Å². The molecule has 0 bridgehead atoms. The second kappa shape index (κ2) is 7.92. The van der Waals surface area contributed by atoms with Crippen LogP contribution < -0.4 is 5.32 Å². The first-order chi connectivity index (χ1) is 10.9. The van der Waals surface area contributed by atoms with Crippen LogP contribution in [0.1, 0.15) is 18.1 Å². The normalized spacial score (nSPS) is 11.6. The molecule has 23 heavy (non-hydrogen) atoms. The van der Waals surface area contributed by atoms with Crippen molar-refractivity contribution in [3.05, 3.63) is 64.1 Å². The third kappa shape index (κ3) is 5.53. The fraction of sp³-hybridized carbons (Fsp3) is 0.222. The fourth-order valence-electron chi connectivity index (χ4n) is 2.03. The average molecular weight is 376 g/mol. The number of benzene rings is 2. The number of aryl methyl sites for hydroxylation is 1. The summed E-state index contributed by atoms with van der Waals surface area (Å²) >= 11 is 3.34. The van der Waals surface area contributed by atoms with Gasteiger partial charge in [-0.25, -0.2) is 0 Å². The molecule has 0 aliphatic rings. The summed E-state index contributed by atoms with van der Waals surface area (Å²) in [7, 11) is 0. The summed E-state index contributed by atoms with van der Waals surface area (Å²) in [5, 5.41) is 2.74. The van der Waals surface area contributed by atoms with E-state index in [0.717, 1.165) is 15.6 Å². The monoisotopic (exact) mass is 375 g/mol. The van der Waals surface area contributed by atoms with Crippen molar-refractivity contribution in [1.29, 1.82) is 0 Å². The predicted octanol–water partition coefficient (Wildman–Crippen LogP) is 3.87. The Balaban J connectivity index is 1.87. The Morgan fingerprint density at radius 2 is 1.87 bits per heavy atom. The first-order valence-electron chi connectivity index (χ1n) is 7.25. The first kappa shape index (κ1) is 17.2. The number of halogens is 1. The Bertz CT molecular complexity index is 698. The minimum absolute atomic E-state index is 0.134. The SMILES string of the molecule is Cc1cccc(NC(=O)[C@H](C)OC(=O)Cc2ccc(Br)cc2)c1. The number of amides is 1. The molecule has 4 nitrogen and oxygen atoms in total. The molecule has 1 atom stereocenters. The number of esters is 1. The molecule has 1 amide bonds. The zero-order valence-corrected chi connectivity index (χ0v) is 14.6. The molecule has 0 spiro atoms. The van der Waals surface area contributed by atoms with Crippen molar-refractivity contribution in [3.8, 4) is 0 Å². The van der Waals surface area contributed by atoms with Crippen LogP contribution in [0.15, 0.2) is 53.0 Å². The molecule has 0 saturated heterocycles. The van der Waals surface area contributed by atoms with Crippen LogP contribution in [0.2, 0.25) is 0 Å². The van der Waals surface area contributed by atoms with E-state index in [-0.39, 0.29) is 12.3 Å². The van der Waals surface area contributed by atoms with E-state index < -0.39 is 12.1 Å². The number of ether oxygens (including phenoxy) is 1. The van der Waals surface area contributed by atoms with Crippen molar-refractivity contribution >= 4 is 33.5 Å². The van der Waals surface area contributed by atoms with Gasteiger partial charge in [0.1, 0.15) is 0 Å². The van der Waals surface area contributed by atoms with Gasteiger partial charge in [-0.2, -0.15) is 0 Å². The Kier molecular flexibility index (Phi) is 5.93. The van der Waals surface area contributed by atoms with Crippen LogP contribution >= 0.6 is 15.9 Å². The highest BCUT2D eigenvalue weighted by Gasteiger charge is 2.18. The molecule has 0 heterocycles. The van der Waals surface area contributed by atoms with Gasteiger partial charge in [0.25, 0.3) is 5.91 Å². The van der Waals surface area contributed by atoms with Gasteiger partial charge in [-0.05, 0) is 49.2 Å². The van der Waals surface area contributed by atoms with Crippen LogP contribution in [0.3, 0.4) is 0 Å². The Hall–Kier alpha value is -2.14. The van der Waals surface area contributed by atoms with Crippen LogP contribution in [-0.4, -0.2) is 18.0 Å². The van der Waals surface area contributed by atoms with Gasteiger partial charge >= 0.3 is 5.97 Å². The van der Waals surface area contributed by atoms with Gasteiger partial charge in [0.2, 0.25) is 0 Å². The van der Waals surface area contributed by atoms with Gasteiger partial charge in [0.15, 0.2) is 6.10 Å². The first-order valence-corrected chi connectivity index (χ1v) is 8.05. The maximum Gasteiger partial charge on any atom is 0.311 e. The van der Waals surface area contributed by atoms with E-state index in [9.17, 15) is 9.59 Å². The molecule has 0 fully saturated rings. The summed E-state index contributed by atoms with van der Waals surface area (Å²) in [6.45, 7) is 3.50. The average Bonchev–Trinajstić information content (AvgIpc) is 2.49. The predicted molar refractivity (Wildman–Crippen MR) is 93.2 cm³/mol. The van der Waals surface area contributed by atoms with E-state index in [1.165, 1.54) is 0 Å². The van der Waals surface area contributed by atoms with E-state index in [4.69, 9.17) is 4.74 Å². The quantitative estimate of drug-likeness (QED) is 0.806. The lowest BCUT2D eigenvalue weighted by molar-refractivity contribution is -0.152. The lowest BCUT2D eigenvalue weighted by Crippen LogP contribution is -2.30. The largest absolute Gasteiger partial charge is 0.452 e. The lowest BCUT2D eigenvalue weighted by Gasteiger charge is -2.14. The van der Waals surface area contributed by atoms with E-state index in [2.05, 4.69) is 21.2 Å². The van der Waals surface area contributed by atoms with Crippen molar-refractivity contribution in [2.24, 2.45) is 0 Å². The molecule has 0 unspecified atom stereocenters.